The SMILES string of the molecule is NNC(=O)C1CCN(C(=O)c2ccc(OCC3CCCO3)c(Br)c2)CC1. The Morgan fingerprint density at radius 1 is 1.31 bits per heavy atom. The number of hydrazine groups is 1. The van der Waals surface area contributed by atoms with Crippen LogP contribution in [0.2, 0.25) is 0 Å². The molecule has 2 heterocycles. The molecule has 2 amide bonds. The molecule has 0 radical (unpaired) electrons. The number of benzene rings is 1. The molecule has 2 saturated heterocycles. The molecule has 26 heavy (non-hydrogen) atoms. The Kier molecular flexibility index (Phi) is 6.50. The molecular formula is C18H24BrN3O4. The van der Waals surface area contributed by atoms with Gasteiger partial charge in [-0.15, -0.1) is 0 Å². The van der Waals surface area contributed by atoms with Gasteiger partial charge in [0, 0.05) is 31.2 Å². The van der Waals surface area contributed by atoms with Gasteiger partial charge < -0.3 is 14.4 Å². The highest BCUT2D eigenvalue weighted by atomic mass is 79.9. The topological polar surface area (TPSA) is 93.9 Å². The molecule has 2 aliphatic heterocycles. The molecule has 1 aromatic rings. The highest BCUT2D eigenvalue weighted by Crippen LogP contribution is 2.28. The Bertz CT molecular complexity index is 656. The molecule has 2 fully saturated rings. The molecule has 0 aliphatic carbocycles. The van der Waals surface area contributed by atoms with Gasteiger partial charge in [0.2, 0.25) is 5.91 Å². The van der Waals surface area contributed by atoms with Gasteiger partial charge in [0.1, 0.15) is 12.4 Å². The van der Waals surface area contributed by atoms with Crippen molar-refractivity contribution >= 4 is 27.7 Å². The lowest BCUT2D eigenvalue weighted by Gasteiger charge is -2.31. The average molecular weight is 426 g/mol. The van der Waals surface area contributed by atoms with Crippen molar-refractivity contribution < 1.29 is 19.1 Å². The Morgan fingerprint density at radius 3 is 2.69 bits per heavy atom. The van der Waals surface area contributed by atoms with Crippen LogP contribution in [-0.4, -0.2) is 49.1 Å². The zero-order valence-electron chi connectivity index (χ0n) is 14.6. The number of amides is 2. The van der Waals surface area contributed by atoms with Gasteiger partial charge in [-0.2, -0.15) is 0 Å². The standard InChI is InChI=1S/C18H24BrN3O4/c19-15-10-13(3-4-16(15)26-11-14-2-1-9-25-14)18(24)22-7-5-12(6-8-22)17(23)21-20/h3-4,10,12,14H,1-2,5-9,11,20H2,(H,21,23). The van der Waals surface area contributed by atoms with Gasteiger partial charge in [-0.25, -0.2) is 5.84 Å². The van der Waals surface area contributed by atoms with E-state index in [0.29, 0.717) is 43.9 Å². The fourth-order valence-electron chi connectivity index (χ4n) is 3.35. The van der Waals surface area contributed by atoms with E-state index in [4.69, 9.17) is 15.3 Å². The van der Waals surface area contributed by atoms with E-state index in [1.807, 2.05) is 0 Å². The number of carbonyl (C=O) groups is 2. The quantitative estimate of drug-likeness (QED) is 0.426. The van der Waals surface area contributed by atoms with Crippen LogP contribution in [0.15, 0.2) is 22.7 Å². The van der Waals surface area contributed by atoms with Crippen molar-refractivity contribution in [2.75, 3.05) is 26.3 Å². The van der Waals surface area contributed by atoms with Crippen molar-refractivity contribution in [2.45, 2.75) is 31.8 Å². The number of ether oxygens (including phenoxy) is 2. The molecule has 1 aromatic carbocycles. The monoisotopic (exact) mass is 425 g/mol. The lowest BCUT2D eigenvalue weighted by molar-refractivity contribution is -0.126. The van der Waals surface area contributed by atoms with Crippen molar-refractivity contribution in [1.82, 2.24) is 10.3 Å². The Balaban J connectivity index is 1.56. The predicted molar refractivity (Wildman–Crippen MR) is 99.6 cm³/mol. The summed E-state index contributed by atoms with van der Waals surface area (Å²) < 4.78 is 12.1. The highest BCUT2D eigenvalue weighted by Gasteiger charge is 2.27. The molecule has 0 bridgehead atoms. The Morgan fingerprint density at radius 2 is 2.08 bits per heavy atom. The van der Waals surface area contributed by atoms with Crippen LogP contribution >= 0.6 is 15.9 Å². The molecule has 8 heteroatoms. The molecule has 142 valence electrons. The molecule has 7 nitrogen and oxygen atoms in total. The van der Waals surface area contributed by atoms with Gasteiger partial charge >= 0.3 is 0 Å². The van der Waals surface area contributed by atoms with Crippen LogP contribution in [0, 0.1) is 5.92 Å². The maximum absolute atomic E-state index is 12.7. The maximum atomic E-state index is 12.7. The minimum absolute atomic E-state index is 0.0389. The van der Waals surface area contributed by atoms with Gasteiger partial charge in [-0.3, -0.25) is 15.0 Å². The first-order chi connectivity index (χ1) is 12.6. The summed E-state index contributed by atoms with van der Waals surface area (Å²) in [5, 5.41) is 0. The fourth-order valence-corrected chi connectivity index (χ4v) is 3.85. The molecule has 0 aromatic heterocycles. The number of hydrogen-bond acceptors (Lipinski definition) is 5. The van der Waals surface area contributed by atoms with Crippen LogP contribution in [0.5, 0.6) is 5.75 Å². The van der Waals surface area contributed by atoms with E-state index in [2.05, 4.69) is 21.4 Å². The summed E-state index contributed by atoms with van der Waals surface area (Å²) in [7, 11) is 0. The predicted octanol–water partition coefficient (Wildman–Crippen LogP) is 1.85. The van der Waals surface area contributed by atoms with E-state index in [-0.39, 0.29) is 23.8 Å². The number of rotatable bonds is 5. The van der Waals surface area contributed by atoms with E-state index in [1.54, 1.807) is 23.1 Å². The highest BCUT2D eigenvalue weighted by molar-refractivity contribution is 9.10. The molecule has 0 saturated carbocycles. The molecule has 3 rings (SSSR count). The van der Waals surface area contributed by atoms with Crippen LogP contribution in [0.3, 0.4) is 0 Å². The fraction of sp³-hybridized carbons (Fsp3) is 0.556. The summed E-state index contributed by atoms with van der Waals surface area (Å²) in [6, 6.07) is 5.36. The molecule has 3 N–H and O–H groups in total. The van der Waals surface area contributed by atoms with Crippen LogP contribution in [0.4, 0.5) is 0 Å². The van der Waals surface area contributed by atoms with Crippen molar-refractivity contribution in [3.05, 3.63) is 28.2 Å². The zero-order valence-corrected chi connectivity index (χ0v) is 16.2. The van der Waals surface area contributed by atoms with E-state index >= 15 is 0 Å². The van der Waals surface area contributed by atoms with Crippen LogP contribution in [-0.2, 0) is 9.53 Å². The summed E-state index contributed by atoms with van der Waals surface area (Å²) in [4.78, 5) is 26.1. The van der Waals surface area contributed by atoms with Gasteiger partial charge in [0.15, 0.2) is 0 Å². The van der Waals surface area contributed by atoms with Crippen molar-refractivity contribution in [3.8, 4) is 5.75 Å². The number of nitrogens with zero attached hydrogens (tertiary/aromatic N) is 1. The summed E-state index contributed by atoms with van der Waals surface area (Å²) in [6.07, 6.45) is 3.49. The summed E-state index contributed by atoms with van der Waals surface area (Å²) in [6.45, 7) is 2.41. The van der Waals surface area contributed by atoms with Crippen molar-refractivity contribution in [3.63, 3.8) is 0 Å². The number of halogens is 1. The number of nitrogens with one attached hydrogen (secondary N) is 1. The van der Waals surface area contributed by atoms with Crippen molar-refractivity contribution in [2.24, 2.45) is 11.8 Å². The first-order valence-electron chi connectivity index (χ1n) is 8.92. The molecule has 1 atom stereocenters. The summed E-state index contributed by atoms with van der Waals surface area (Å²) in [5.41, 5.74) is 2.78. The molecule has 1 unspecified atom stereocenters. The van der Waals surface area contributed by atoms with Crippen molar-refractivity contribution in [1.29, 1.82) is 0 Å². The maximum Gasteiger partial charge on any atom is 0.253 e. The first kappa shape index (κ1) is 19.1. The second kappa shape index (κ2) is 8.83. The number of hydrogen-bond donors (Lipinski definition) is 2. The summed E-state index contributed by atoms with van der Waals surface area (Å²) >= 11 is 3.48. The van der Waals surface area contributed by atoms with Gasteiger partial charge in [0.25, 0.3) is 5.91 Å². The minimum Gasteiger partial charge on any atom is -0.490 e. The lowest BCUT2D eigenvalue weighted by Crippen LogP contribution is -2.44. The van der Waals surface area contributed by atoms with E-state index in [9.17, 15) is 9.59 Å². The van der Waals surface area contributed by atoms with E-state index in [1.165, 1.54) is 0 Å². The van der Waals surface area contributed by atoms with Gasteiger partial charge in [-0.1, -0.05) is 0 Å². The normalized spacial score (nSPS) is 20.8. The van der Waals surface area contributed by atoms with E-state index < -0.39 is 0 Å². The van der Waals surface area contributed by atoms with Crippen LogP contribution < -0.4 is 16.0 Å². The van der Waals surface area contributed by atoms with Gasteiger partial charge in [0.05, 0.1) is 10.6 Å². The Hall–Kier alpha value is -1.64. The third-order valence-corrected chi connectivity index (χ3v) is 5.54. The largest absolute Gasteiger partial charge is 0.490 e. The number of nitrogens with two attached hydrogens (primary N) is 1. The Labute approximate surface area is 161 Å². The molecule has 0 spiro atoms. The third kappa shape index (κ3) is 4.55. The second-order valence-electron chi connectivity index (χ2n) is 6.67. The zero-order chi connectivity index (χ0) is 18.5. The average Bonchev–Trinajstić information content (AvgIpc) is 3.19. The number of piperidine rings is 1. The minimum atomic E-state index is -0.160. The van der Waals surface area contributed by atoms with Crippen LogP contribution in [0.1, 0.15) is 36.0 Å². The number of carbonyl (C=O) groups excluding carboxylic acids is 2. The van der Waals surface area contributed by atoms with Gasteiger partial charge in [-0.05, 0) is 59.8 Å². The smallest absolute Gasteiger partial charge is 0.253 e. The molecular weight excluding hydrogens is 402 g/mol. The second-order valence-corrected chi connectivity index (χ2v) is 7.52. The third-order valence-electron chi connectivity index (χ3n) is 4.92. The van der Waals surface area contributed by atoms with Crippen LogP contribution in [0.25, 0.3) is 0 Å². The molecule has 2 aliphatic rings. The number of likely N-dealkylation sites (tertiary alicyclic amines) is 1. The lowest BCUT2D eigenvalue weighted by atomic mass is 9.95. The first-order valence-corrected chi connectivity index (χ1v) is 9.71. The van der Waals surface area contributed by atoms with E-state index in [0.717, 1.165) is 23.9 Å². The summed E-state index contributed by atoms with van der Waals surface area (Å²) in [5.74, 6) is 5.56.